The van der Waals surface area contributed by atoms with Gasteiger partial charge in [-0.1, -0.05) is 32.3 Å². The lowest BCUT2D eigenvalue weighted by Crippen LogP contribution is -2.42. The Balaban J connectivity index is 1.62. The van der Waals surface area contributed by atoms with Crippen LogP contribution in [0.4, 0.5) is 0 Å². The number of benzene rings is 1. The number of hydrogen-bond acceptors (Lipinski definition) is 6. The fourth-order valence-electron chi connectivity index (χ4n) is 5.31. The highest BCUT2D eigenvalue weighted by atomic mass is 16.3. The molecule has 1 atom stereocenters. The van der Waals surface area contributed by atoms with Gasteiger partial charge in [0.05, 0.1) is 12.1 Å². The molecule has 2 aliphatic rings. The van der Waals surface area contributed by atoms with E-state index in [1.54, 1.807) is 0 Å². The van der Waals surface area contributed by atoms with Gasteiger partial charge in [-0.2, -0.15) is 0 Å². The molecule has 5 rings (SSSR count). The van der Waals surface area contributed by atoms with Crippen LogP contribution < -0.4 is 5.56 Å². The molecule has 0 amide bonds. The summed E-state index contributed by atoms with van der Waals surface area (Å²) in [5.41, 5.74) is 2.65. The van der Waals surface area contributed by atoms with Crippen molar-refractivity contribution in [1.29, 1.82) is 0 Å². The Kier molecular flexibility index (Phi) is 6.06. The maximum Gasteiger partial charge on any atom is 0.253 e. The molecular formula is C24H32N6O2. The van der Waals surface area contributed by atoms with Gasteiger partial charge in [-0.05, 0) is 71.7 Å². The summed E-state index contributed by atoms with van der Waals surface area (Å²) in [5.74, 6) is 0.741. The first-order valence-electron chi connectivity index (χ1n) is 12.0. The Labute approximate surface area is 187 Å². The fraction of sp³-hybridized carbons (Fsp3) is 0.583. The first-order chi connectivity index (χ1) is 15.6. The number of aliphatic hydroxyl groups excluding tert-OH is 1. The van der Waals surface area contributed by atoms with Crippen LogP contribution in [-0.4, -0.2) is 54.4 Å². The molecule has 8 nitrogen and oxygen atoms in total. The van der Waals surface area contributed by atoms with Crippen LogP contribution >= 0.6 is 0 Å². The van der Waals surface area contributed by atoms with Crippen LogP contribution in [0.3, 0.4) is 0 Å². The van der Waals surface area contributed by atoms with Crippen molar-refractivity contribution in [2.24, 2.45) is 0 Å². The number of H-pyrrole nitrogens is 1. The number of aromatic nitrogens is 5. The van der Waals surface area contributed by atoms with E-state index < -0.39 is 0 Å². The molecule has 0 bridgehead atoms. The number of aliphatic hydroxyl groups is 1. The quantitative estimate of drug-likeness (QED) is 0.637. The van der Waals surface area contributed by atoms with Crippen molar-refractivity contribution in [2.45, 2.75) is 76.5 Å². The lowest BCUT2D eigenvalue weighted by Gasteiger charge is -2.36. The molecule has 8 heteroatoms. The van der Waals surface area contributed by atoms with Crippen molar-refractivity contribution in [1.82, 2.24) is 30.1 Å². The molecule has 2 aromatic heterocycles. The van der Waals surface area contributed by atoms with Crippen LogP contribution in [0.5, 0.6) is 0 Å². The zero-order chi connectivity index (χ0) is 22.1. The monoisotopic (exact) mass is 436 g/mol. The third-order valence-corrected chi connectivity index (χ3v) is 7.19. The number of hydrogen-bond donors (Lipinski definition) is 2. The molecule has 1 saturated heterocycles. The number of nitrogens with one attached hydrogen (secondary N) is 1. The van der Waals surface area contributed by atoms with Crippen LogP contribution in [0.15, 0.2) is 29.1 Å². The van der Waals surface area contributed by atoms with Gasteiger partial charge in [0, 0.05) is 24.2 Å². The summed E-state index contributed by atoms with van der Waals surface area (Å²) in [6.45, 7) is 3.54. The van der Waals surface area contributed by atoms with E-state index in [2.05, 4.69) is 44.5 Å². The van der Waals surface area contributed by atoms with Crippen LogP contribution in [0, 0.1) is 0 Å². The summed E-state index contributed by atoms with van der Waals surface area (Å²) >= 11 is 0. The summed E-state index contributed by atoms with van der Waals surface area (Å²) in [6.07, 6.45) is 7.78. The molecule has 0 radical (unpaired) electrons. The normalized spacial score (nSPS) is 20.1. The lowest BCUT2D eigenvalue weighted by molar-refractivity contribution is 0.0651. The first kappa shape index (κ1) is 21.3. The second-order valence-electron chi connectivity index (χ2n) is 9.27. The topological polar surface area (TPSA) is 99.9 Å². The van der Waals surface area contributed by atoms with Crippen LogP contribution in [0.2, 0.25) is 0 Å². The smallest absolute Gasteiger partial charge is 0.253 e. The average Bonchev–Trinajstić information content (AvgIpc) is 3.30. The third-order valence-electron chi connectivity index (χ3n) is 7.19. The van der Waals surface area contributed by atoms with E-state index in [0.717, 1.165) is 36.0 Å². The minimum Gasteiger partial charge on any atom is -0.393 e. The highest BCUT2D eigenvalue weighted by Crippen LogP contribution is 2.34. The Morgan fingerprint density at radius 1 is 1.12 bits per heavy atom. The van der Waals surface area contributed by atoms with E-state index in [9.17, 15) is 9.90 Å². The van der Waals surface area contributed by atoms with Crippen molar-refractivity contribution < 1.29 is 5.11 Å². The molecule has 3 aromatic rings. The molecule has 1 aromatic carbocycles. The lowest BCUT2D eigenvalue weighted by atomic mass is 9.94. The minimum absolute atomic E-state index is 0.101. The van der Waals surface area contributed by atoms with Gasteiger partial charge in [0.15, 0.2) is 5.82 Å². The molecule has 170 valence electrons. The van der Waals surface area contributed by atoms with Crippen LogP contribution in [-0.2, 0) is 6.42 Å². The van der Waals surface area contributed by atoms with Crippen molar-refractivity contribution >= 4 is 10.9 Å². The number of nitrogens with zero attached hydrogens (tertiary/aromatic N) is 5. The second-order valence-corrected chi connectivity index (χ2v) is 9.27. The Bertz CT molecular complexity index is 1120. The van der Waals surface area contributed by atoms with E-state index in [4.69, 9.17) is 0 Å². The summed E-state index contributed by atoms with van der Waals surface area (Å²) in [5, 5.41) is 24.0. The van der Waals surface area contributed by atoms with E-state index in [-0.39, 0.29) is 23.7 Å². The molecule has 32 heavy (non-hydrogen) atoms. The molecule has 0 unspecified atom stereocenters. The van der Waals surface area contributed by atoms with Gasteiger partial charge in [-0.25, -0.2) is 4.68 Å². The minimum atomic E-state index is -0.335. The van der Waals surface area contributed by atoms with E-state index in [0.29, 0.717) is 31.5 Å². The number of likely N-dealkylation sites (tertiary alicyclic amines) is 1. The molecule has 1 aliphatic heterocycles. The number of piperidine rings is 1. The molecule has 1 aliphatic carbocycles. The summed E-state index contributed by atoms with van der Waals surface area (Å²) < 4.78 is 1.97. The highest BCUT2D eigenvalue weighted by Gasteiger charge is 2.34. The van der Waals surface area contributed by atoms with Crippen molar-refractivity contribution in [3.05, 3.63) is 51.6 Å². The standard InChI is InChI=1S/C24H32N6O2/c1-2-16-8-9-21-17(14-16)15-20(24(32)25-21)22(29-12-10-19(31)11-13-29)23-26-27-28-30(23)18-6-4-3-5-7-18/h8-9,14-15,18-19,22,31H,2-7,10-13H2,1H3,(H,25,32)/t22-/m0/s1. The Morgan fingerprint density at radius 3 is 2.66 bits per heavy atom. The Morgan fingerprint density at radius 2 is 1.91 bits per heavy atom. The summed E-state index contributed by atoms with van der Waals surface area (Å²) in [6, 6.07) is 8.15. The van der Waals surface area contributed by atoms with E-state index in [1.165, 1.54) is 24.8 Å². The molecule has 3 heterocycles. The Hall–Kier alpha value is -2.58. The number of aryl methyl sites for hydroxylation is 1. The molecule has 2 fully saturated rings. The van der Waals surface area contributed by atoms with Crippen molar-refractivity contribution in [3.8, 4) is 0 Å². The SMILES string of the molecule is CCc1ccc2[nH]c(=O)c([C@@H](c3nnnn3C3CCCCC3)N3CCC(O)CC3)cc2c1. The van der Waals surface area contributed by atoms with Crippen LogP contribution in [0.25, 0.3) is 10.9 Å². The van der Waals surface area contributed by atoms with Gasteiger partial charge in [0.1, 0.15) is 6.04 Å². The second kappa shape index (κ2) is 9.11. The molecular weight excluding hydrogens is 404 g/mol. The summed E-state index contributed by atoms with van der Waals surface area (Å²) in [7, 11) is 0. The van der Waals surface area contributed by atoms with E-state index >= 15 is 0 Å². The zero-order valence-corrected chi connectivity index (χ0v) is 18.7. The van der Waals surface area contributed by atoms with Crippen molar-refractivity contribution in [2.75, 3.05) is 13.1 Å². The van der Waals surface area contributed by atoms with Gasteiger partial charge in [0.25, 0.3) is 5.56 Å². The van der Waals surface area contributed by atoms with Gasteiger partial charge >= 0.3 is 0 Å². The first-order valence-corrected chi connectivity index (χ1v) is 12.0. The maximum atomic E-state index is 13.3. The van der Waals surface area contributed by atoms with Gasteiger partial charge in [-0.3, -0.25) is 9.69 Å². The van der Waals surface area contributed by atoms with Gasteiger partial charge in [0.2, 0.25) is 0 Å². The number of rotatable bonds is 5. The molecule has 1 saturated carbocycles. The van der Waals surface area contributed by atoms with Gasteiger partial charge < -0.3 is 10.1 Å². The number of pyridine rings is 1. The van der Waals surface area contributed by atoms with Gasteiger partial charge in [-0.15, -0.1) is 5.10 Å². The largest absolute Gasteiger partial charge is 0.393 e. The predicted molar refractivity (Wildman–Crippen MR) is 123 cm³/mol. The average molecular weight is 437 g/mol. The zero-order valence-electron chi connectivity index (χ0n) is 18.7. The maximum absolute atomic E-state index is 13.3. The van der Waals surface area contributed by atoms with Crippen LogP contribution in [0.1, 0.15) is 80.9 Å². The van der Waals surface area contributed by atoms with E-state index in [1.807, 2.05) is 16.8 Å². The number of tetrazole rings is 1. The third kappa shape index (κ3) is 4.09. The molecule has 0 spiro atoms. The molecule has 2 N–H and O–H groups in total. The fourth-order valence-corrected chi connectivity index (χ4v) is 5.31. The predicted octanol–water partition coefficient (Wildman–Crippen LogP) is 3.13. The number of fused-ring (bicyclic) bond motifs is 1. The highest BCUT2D eigenvalue weighted by molar-refractivity contribution is 5.80. The summed E-state index contributed by atoms with van der Waals surface area (Å²) in [4.78, 5) is 18.7. The number of aromatic amines is 1. The van der Waals surface area contributed by atoms with Crippen molar-refractivity contribution in [3.63, 3.8) is 0 Å².